The van der Waals surface area contributed by atoms with Crippen molar-refractivity contribution in [1.82, 2.24) is 4.98 Å². The predicted molar refractivity (Wildman–Crippen MR) is 119 cm³/mol. The molecule has 156 valence electrons. The molecule has 4 aromatic rings. The zero-order valence-corrected chi connectivity index (χ0v) is 17.6. The Bertz CT molecular complexity index is 1320. The highest BCUT2D eigenvalue weighted by atomic mass is 32.2. The van der Waals surface area contributed by atoms with Crippen LogP contribution in [0.3, 0.4) is 0 Å². The molecule has 0 radical (unpaired) electrons. The molecule has 0 saturated carbocycles. The number of hydrogen-bond acceptors (Lipinski definition) is 5. The molecule has 0 unspecified atom stereocenters. The molecule has 1 aromatic heterocycles. The largest absolute Gasteiger partial charge is 0.322 e. The van der Waals surface area contributed by atoms with Crippen LogP contribution in [0.1, 0.15) is 10.4 Å². The van der Waals surface area contributed by atoms with Crippen LogP contribution >= 0.6 is 11.3 Å². The number of amides is 1. The molecule has 31 heavy (non-hydrogen) atoms. The zero-order valence-electron chi connectivity index (χ0n) is 15.9. The number of carbonyl (C=O) groups is 1. The van der Waals surface area contributed by atoms with E-state index in [1.165, 1.54) is 53.8 Å². The van der Waals surface area contributed by atoms with Crippen molar-refractivity contribution in [2.45, 2.75) is 4.90 Å². The van der Waals surface area contributed by atoms with Gasteiger partial charge in [0.1, 0.15) is 10.8 Å². The molecular weight excluding hydrogens is 437 g/mol. The summed E-state index contributed by atoms with van der Waals surface area (Å²) in [6.45, 7) is 0. The molecule has 0 aliphatic rings. The molecule has 1 amide bonds. The van der Waals surface area contributed by atoms with Gasteiger partial charge >= 0.3 is 0 Å². The Kier molecular flexibility index (Phi) is 5.79. The van der Waals surface area contributed by atoms with Gasteiger partial charge in [-0.05, 0) is 54.6 Å². The van der Waals surface area contributed by atoms with Crippen LogP contribution in [0.25, 0.3) is 10.6 Å². The fraction of sp³-hybridized carbons (Fsp3) is 0. The highest BCUT2D eigenvalue weighted by molar-refractivity contribution is 7.92. The predicted octanol–water partition coefficient (Wildman–Crippen LogP) is 5.00. The second-order valence-corrected chi connectivity index (χ2v) is 9.06. The van der Waals surface area contributed by atoms with Crippen molar-refractivity contribution in [3.63, 3.8) is 0 Å². The van der Waals surface area contributed by atoms with Crippen molar-refractivity contribution >= 4 is 38.6 Å². The summed E-state index contributed by atoms with van der Waals surface area (Å²) >= 11 is 1.51. The summed E-state index contributed by atoms with van der Waals surface area (Å²) in [7, 11) is -4.07. The third kappa shape index (κ3) is 4.79. The quantitative estimate of drug-likeness (QED) is 0.430. The Morgan fingerprint density at radius 3 is 2.45 bits per heavy atom. The van der Waals surface area contributed by atoms with E-state index in [1.807, 2.05) is 17.5 Å². The number of nitrogens with zero attached hydrogens (tertiary/aromatic N) is 1. The van der Waals surface area contributed by atoms with E-state index in [1.54, 1.807) is 18.3 Å². The maximum absolute atomic E-state index is 13.8. The first kappa shape index (κ1) is 20.7. The van der Waals surface area contributed by atoms with Crippen molar-refractivity contribution in [3.8, 4) is 10.6 Å². The number of nitrogens with one attached hydrogen (secondary N) is 2. The van der Waals surface area contributed by atoms with E-state index in [-0.39, 0.29) is 16.1 Å². The number of halogens is 1. The Balaban J connectivity index is 1.51. The standard InChI is InChI=1S/C22H16FN3O3S2/c23-19-6-1-2-7-20(19)26-31(28,29)18-5-3-4-16(14-18)21(27)25-17-10-8-15(9-11-17)22-24-12-13-30-22/h1-14,26H,(H,25,27). The molecule has 0 aliphatic heterocycles. The first-order valence-corrected chi connectivity index (χ1v) is 11.5. The topological polar surface area (TPSA) is 88.2 Å². The molecule has 0 bridgehead atoms. The summed E-state index contributed by atoms with van der Waals surface area (Å²) in [5.74, 6) is -1.16. The molecule has 0 aliphatic carbocycles. The average molecular weight is 454 g/mol. The summed E-state index contributed by atoms with van der Waals surface area (Å²) in [4.78, 5) is 16.7. The summed E-state index contributed by atoms with van der Waals surface area (Å²) in [6.07, 6.45) is 1.72. The third-order valence-electron chi connectivity index (χ3n) is 4.35. The Morgan fingerprint density at radius 2 is 1.74 bits per heavy atom. The number of rotatable bonds is 6. The highest BCUT2D eigenvalue weighted by Crippen LogP contribution is 2.24. The maximum atomic E-state index is 13.8. The van der Waals surface area contributed by atoms with Crippen LogP contribution in [0.4, 0.5) is 15.8 Å². The lowest BCUT2D eigenvalue weighted by Gasteiger charge is -2.10. The molecule has 4 rings (SSSR count). The minimum atomic E-state index is -4.07. The number of para-hydroxylation sites is 1. The van der Waals surface area contributed by atoms with Crippen molar-refractivity contribution in [3.05, 3.63) is 95.8 Å². The van der Waals surface area contributed by atoms with E-state index in [9.17, 15) is 17.6 Å². The van der Waals surface area contributed by atoms with Crippen molar-refractivity contribution in [1.29, 1.82) is 0 Å². The van der Waals surface area contributed by atoms with Crippen molar-refractivity contribution < 1.29 is 17.6 Å². The lowest BCUT2D eigenvalue weighted by atomic mass is 10.2. The van der Waals surface area contributed by atoms with Gasteiger partial charge in [0, 0.05) is 28.4 Å². The average Bonchev–Trinajstić information content (AvgIpc) is 3.31. The van der Waals surface area contributed by atoms with E-state index in [2.05, 4.69) is 15.0 Å². The molecule has 0 spiro atoms. The highest BCUT2D eigenvalue weighted by Gasteiger charge is 2.18. The van der Waals surface area contributed by atoms with E-state index in [4.69, 9.17) is 0 Å². The Hall–Kier alpha value is -3.56. The van der Waals surface area contributed by atoms with Gasteiger partial charge in [0.2, 0.25) is 0 Å². The minimum Gasteiger partial charge on any atom is -0.322 e. The summed E-state index contributed by atoms with van der Waals surface area (Å²) in [5, 5.41) is 5.49. The van der Waals surface area contributed by atoms with E-state index < -0.39 is 21.7 Å². The number of benzene rings is 3. The van der Waals surface area contributed by atoms with Gasteiger partial charge in [-0.1, -0.05) is 18.2 Å². The van der Waals surface area contributed by atoms with Gasteiger partial charge in [-0.15, -0.1) is 11.3 Å². The smallest absolute Gasteiger partial charge is 0.262 e. The van der Waals surface area contributed by atoms with Gasteiger partial charge in [-0.25, -0.2) is 17.8 Å². The number of hydrogen-bond donors (Lipinski definition) is 2. The molecule has 0 atom stereocenters. The number of thiazole rings is 1. The second kappa shape index (κ2) is 8.66. The van der Waals surface area contributed by atoms with E-state index in [0.29, 0.717) is 5.69 Å². The minimum absolute atomic E-state index is 0.150. The van der Waals surface area contributed by atoms with Crippen LogP contribution in [0.15, 0.2) is 89.3 Å². The lowest BCUT2D eigenvalue weighted by Crippen LogP contribution is -2.16. The molecule has 1 heterocycles. The monoisotopic (exact) mass is 453 g/mol. The summed E-state index contributed by atoms with van der Waals surface area (Å²) in [6, 6.07) is 18.2. The number of carbonyl (C=O) groups excluding carboxylic acids is 1. The first-order chi connectivity index (χ1) is 14.9. The second-order valence-electron chi connectivity index (χ2n) is 6.48. The molecule has 3 aromatic carbocycles. The van der Waals surface area contributed by atoms with Gasteiger partial charge < -0.3 is 5.32 Å². The van der Waals surface area contributed by atoms with Crippen molar-refractivity contribution in [2.24, 2.45) is 0 Å². The number of sulfonamides is 1. The summed E-state index contributed by atoms with van der Waals surface area (Å²) in [5.41, 5.74) is 1.47. The summed E-state index contributed by atoms with van der Waals surface area (Å²) < 4.78 is 41.3. The number of anilines is 2. The molecule has 0 saturated heterocycles. The molecule has 0 fully saturated rings. The van der Waals surface area contributed by atoms with Gasteiger partial charge in [-0.2, -0.15) is 0 Å². The fourth-order valence-electron chi connectivity index (χ4n) is 2.82. The Labute approximate surface area is 182 Å². The molecular formula is C22H16FN3O3S2. The van der Waals surface area contributed by atoms with Crippen LogP contribution in [-0.2, 0) is 10.0 Å². The van der Waals surface area contributed by atoms with Gasteiger partial charge in [-0.3, -0.25) is 9.52 Å². The van der Waals surface area contributed by atoms with Crippen LogP contribution in [0.5, 0.6) is 0 Å². The Morgan fingerprint density at radius 1 is 0.968 bits per heavy atom. The van der Waals surface area contributed by atoms with Crippen molar-refractivity contribution in [2.75, 3.05) is 10.0 Å². The molecule has 2 N–H and O–H groups in total. The van der Waals surface area contributed by atoms with Crippen LogP contribution < -0.4 is 10.0 Å². The molecule has 6 nitrogen and oxygen atoms in total. The third-order valence-corrected chi connectivity index (χ3v) is 6.53. The van der Waals surface area contributed by atoms with Crippen LogP contribution in [0, 0.1) is 5.82 Å². The van der Waals surface area contributed by atoms with E-state index >= 15 is 0 Å². The van der Waals surface area contributed by atoms with Gasteiger partial charge in [0.05, 0.1) is 10.6 Å². The maximum Gasteiger partial charge on any atom is 0.262 e. The lowest BCUT2D eigenvalue weighted by molar-refractivity contribution is 0.102. The SMILES string of the molecule is O=C(Nc1ccc(-c2nccs2)cc1)c1cccc(S(=O)(=O)Nc2ccccc2F)c1. The number of aromatic nitrogens is 1. The zero-order chi connectivity index (χ0) is 21.8. The fourth-order valence-corrected chi connectivity index (χ4v) is 4.57. The van der Waals surface area contributed by atoms with Gasteiger partial charge in [0.15, 0.2) is 0 Å². The normalized spacial score (nSPS) is 11.1. The van der Waals surface area contributed by atoms with E-state index in [0.717, 1.165) is 16.6 Å². The molecule has 9 heteroatoms. The van der Waals surface area contributed by atoms with Crippen LogP contribution in [-0.4, -0.2) is 19.3 Å². The van der Waals surface area contributed by atoms with Crippen LogP contribution in [0.2, 0.25) is 0 Å². The first-order valence-electron chi connectivity index (χ1n) is 9.11. The van der Waals surface area contributed by atoms with Gasteiger partial charge in [0.25, 0.3) is 15.9 Å².